The predicted octanol–water partition coefficient (Wildman–Crippen LogP) is 2.09. The quantitative estimate of drug-likeness (QED) is 0.439. The number of nitrogens with two attached hydrogens (primary N) is 1. The van der Waals surface area contributed by atoms with Gasteiger partial charge in [-0.3, -0.25) is 19.1 Å². The van der Waals surface area contributed by atoms with Crippen LogP contribution in [0.1, 0.15) is 69.9 Å². The smallest absolute Gasteiger partial charge is 0.259 e. The number of hydrogen-bond acceptors (Lipinski definition) is 9. The van der Waals surface area contributed by atoms with Crippen LogP contribution in [0.15, 0.2) is 24.3 Å². The van der Waals surface area contributed by atoms with Gasteiger partial charge in [0, 0.05) is 19.3 Å². The molecule has 1 aromatic carbocycles. The lowest BCUT2D eigenvalue weighted by Crippen LogP contribution is -2.58. The molecule has 244 valence electrons. The standard InChI is InChI=1S/C30H38F2N6O6S/c1-17-26(35-23-9-5-4-8-22(23)34-17)44-19-13-24-25(39)36-30(28(41)37-45(42,43)20-10-11-20)15-18(30)14-29(31,32)12-6-2-3-7-21(33)27(40)38(24)16-19/h4-5,8-9,18-21,24H,2-3,6-7,10-16,33H2,1H3,(H,36,39)(H,37,41). The van der Waals surface area contributed by atoms with Gasteiger partial charge in [-0.05, 0) is 57.1 Å². The van der Waals surface area contributed by atoms with Crippen LogP contribution in [0.4, 0.5) is 8.78 Å². The highest BCUT2D eigenvalue weighted by Gasteiger charge is 2.65. The van der Waals surface area contributed by atoms with Gasteiger partial charge in [-0.1, -0.05) is 25.0 Å². The number of hydrogen-bond donors (Lipinski definition) is 3. The van der Waals surface area contributed by atoms with Crippen LogP contribution in [0.5, 0.6) is 5.88 Å². The number of benzene rings is 1. The van der Waals surface area contributed by atoms with Crippen molar-refractivity contribution in [2.45, 2.75) is 106 Å². The SMILES string of the molecule is Cc1nc2ccccc2nc1OC1CC2C(=O)NC3(C(=O)NS(=O)(=O)C4CC4)CC3CC(F)(F)CCCCCC(N)C(=O)N2C1. The molecule has 1 aromatic heterocycles. The van der Waals surface area contributed by atoms with Gasteiger partial charge < -0.3 is 20.7 Å². The summed E-state index contributed by atoms with van der Waals surface area (Å²) in [6.07, 6.45) is 0.185. The van der Waals surface area contributed by atoms with Crippen LogP contribution in [0.3, 0.4) is 0 Å². The summed E-state index contributed by atoms with van der Waals surface area (Å²) in [7, 11) is -4.01. The number of alkyl halides is 2. The number of para-hydroxylation sites is 2. The van der Waals surface area contributed by atoms with E-state index >= 15 is 8.78 Å². The second-order valence-corrected chi connectivity index (χ2v) is 14.8. The summed E-state index contributed by atoms with van der Waals surface area (Å²) in [4.78, 5) is 51.3. The van der Waals surface area contributed by atoms with Gasteiger partial charge in [-0.25, -0.2) is 27.2 Å². The average molecular weight is 649 g/mol. The van der Waals surface area contributed by atoms with Crippen molar-refractivity contribution in [3.05, 3.63) is 30.0 Å². The maximum atomic E-state index is 15.0. The molecule has 0 spiro atoms. The molecule has 3 heterocycles. The molecule has 45 heavy (non-hydrogen) atoms. The Labute approximate surface area is 259 Å². The molecular weight excluding hydrogens is 610 g/mol. The van der Waals surface area contributed by atoms with Gasteiger partial charge in [-0.15, -0.1) is 0 Å². The number of rotatable bonds is 5. The van der Waals surface area contributed by atoms with Crippen molar-refractivity contribution in [1.29, 1.82) is 0 Å². The third-order valence-electron chi connectivity index (χ3n) is 9.30. The van der Waals surface area contributed by atoms with Crippen LogP contribution in [0.25, 0.3) is 11.0 Å². The molecule has 4 N–H and O–H groups in total. The van der Waals surface area contributed by atoms with E-state index in [1.165, 1.54) is 4.90 Å². The number of nitrogens with zero attached hydrogens (tertiary/aromatic N) is 3. The van der Waals surface area contributed by atoms with Crippen molar-refractivity contribution < 1.29 is 36.3 Å². The Bertz CT molecular complexity index is 1620. The summed E-state index contributed by atoms with van der Waals surface area (Å²) in [6.45, 7) is 1.73. The van der Waals surface area contributed by atoms with Gasteiger partial charge in [0.1, 0.15) is 23.4 Å². The monoisotopic (exact) mass is 648 g/mol. The minimum absolute atomic E-state index is 0.00464. The minimum Gasteiger partial charge on any atom is -0.471 e. The summed E-state index contributed by atoms with van der Waals surface area (Å²) >= 11 is 0. The van der Waals surface area contributed by atoms with Crippen molar-refractivity contribution in [3.63, 3.8) is 0 Å². The number of fused-ring (bicyclic) bond motifs is 3. The summed E-state index contributed by atoms with van der Waals surface area (Å²) in [5.74, 6) is -6.15. The Morgan fingerprint density at radius 3 is 2.51 bits per heavy atom. The fourth-order valence-electron chi connectivity index (χ4n) is 6.49. The first-order chi connectivity index (χ1) is 21.3. The maximum Gasteiger partial charge on any atom is 0.259 e. The van der Waals surface area contributed by atoms with Gasteiger partial charge in [0.15, 0.2) is 0 Å². The van der Waals surface area contributed by atoms with Gasteiger partial charge in [0.05, 0.1) is 28.9 Å². The lowest BCUT2D eigenvalue weighted by Gasteiger charge is -2.28. The lowest BCUT2D eigenvalue weighted by molar-refractivity contribution is -0.140. The van der Waals surface area contributed by atoms with Gasteiger partial charge in [0.25, 0.3) is 5.91 Å². The number of carbonyl (C=O) groups excluding carboxylic acids is 3. The topological polar surface area (TPSA) is 174 Å². The molecule has 5 unspecified atom stereocenters. The van der Waals surface area contributed by atoms with E-state index in [0.29, 0.717) is 42.4 Å². The van der Waals surface area contributed by atoms with E-state index in [1.54, 1.807) is 13.0 Å². The molecule has 12 nitrogen and oxygen atoms in total. The number of halogens is 2. The van der Waals surface area contributed by atoms with Crippen LogP contribution in [0.2, 0.25) is 0 Å². The zero-order valence-electron chi connectivity index (χ0n) is 25.0. The first-order valence-corrected chi connectivity index (χ1v) is 17.0. The Kier molecular flexibility index (Phi) is 8.21. The number of sulfonamides is 1. The molecular formula is C30H38F2N6O6S. The predicted molar refractivity (Wildman–Crippen MR) is 158 cm³/mol. The molecule has 2 saturated carbocycles. The Morgan fingerprint density at radius 2 is 1.80 bits per heavy atom. The van der Waals surface area contributed by atoms with E-state index in [0.717, 1.165) is 0 Å². The summed E-state index contributed by atoms with van der Waals surface area (Å²) in [5.41, 5.74) is 6.20. The third kappa shape index (κ3) is 6.60. The van der Waals surface area contributed by atoms with Gasteiger partial charge >= 0.3 is 0 Å². The third-order valence-corrected chi connectivity index (χ3v) is 11.1. The first kappa shape index (κ1) is 31.5. The fourth-order valence-corrected chi connectivity index (χ4v) is 7.85. The molecule has 2 aromatic rings. The molecule has 2 aliphatic carbocycles. The number of amides is 3. The Hall–Kier alpha value is -3.46. The Morgan fingerprint density at radius 1 is 1.09 bits per heavy atom. The highest BCUT2D eigenvalue weighted by molar-refractivity contribution is 7.91. The molecule has 2 aliphatic heterocycles. The number of ether oxygens (including phenoxy) is 1. The maximum absolute atomic E-state index is 15.0. The van der Waals surface area contributed by atoms with Crippen molar-refractivity contribution in [2.75, 3.05) is 6.54 Å². The lowest BCUT2D eigenvalue weighted by atomic mass is 10.0. The molecule has 0 radical (unpaired) electrons. The normalized spacial score (nSPS) is 30.8. The molecule has 15 heteroatoms. The molecule has 4 aliphatic rings. The van der Waals surface area contributed by atoms with E-state index in [2.05, 4.69) is 15.3 Å². The summed E-state index contributed by atoms with van der Waals surface area (Å²) in [5, 5.41) is 1.89. The highest BCUT2D eigenvalue weighted by atomic mass is 32.2. The number of aryl methyl sites for hydroxylation is 1. The second kappa shape index (κ2) is 11.7. The zero-order chi connectivity index (χ0) is 32.1. The van der Waals surface area contributed by atoms with Gasteiger partial charge in [-0.2, -0.15) is 0 Å². The number of aromatic nitrogens is 2. The van der Waals surface area contributed by atoms with Crippen LogP contribution in [0, 0.1) is 12.8 Å². The summed E-state index contributed by atoms with van der Waals surface area (Å²) in [6, 6.07) is 5.15. The molecule has 6 rings (SSSR count). The minimum atomic E-state index is -4.01. The van der Waals surface area contributed by atoms with Crippen molar-refractivity contribution in [2.24, 2.45) is 11.7 Å². The molecule has 4 fully saturated rings. The van der Waals surface area contributed by atoms with Crippen molar-refractivity contribution in [1.82, 2.24) is 24.9 Å². The number of nitrogens with one attached hydrogen (secondary N) is 2. The van der Waals surface area contributed by atoms with E-state index in [-0.39, 0.29) is 38.1 Å². The van der Waals surface area contributed by atoms with Crippen molar-refractivity contribution in [3.8, 4) is 5.88 Å². The van der Waals surface area contributed by atoms with Crippen LogP contribution in [-0.4, -0.2) is 82.5 Å². The van der Waals surface area contributed by atoms with E-state index in [1.807, 2.05) is 22.9 Å². The number of carbonyl (C=O) groups is 3. The van der Waals surface area contributed by atoms with Crippen LogP contribution < -0.4 is 20.5 Å². The molecule has 3 amide bonds. The zero-order valence-corrected chi connectivity index (χ0v) is 25.8. The van der Waals surface area contributed by atoms with Crippen molar-refractivity contribution >= 4 is 38.8 Å². The largest absolute Gasteiger partial charge is 0.471 e. The first-order valence-electron chi connectivity index (χ1n) is 15.5. The molecule has 0 bridgehead atoms. The van der Waals surface area contributed by atoms with Gasteiger partial charge in [0.2, 0.25) is 33.6 Å². The average Bonchev–Trinajstić information content (AvgIpc) is 3.90. The highest BCUT2D eigenvalue weighted by Crippen LogP contribution is 2.51. The van der Waals surface area contributed by atoms with Crippen LogP contribution in [-0.2, 0) is 24.4 Å². The second-order valence-electron chi connectivity index (χ2n) is 12.9. The molecule has 5 atom stereocenters. The summed E-state index contributed by atoms with van der Waals surface area (Å²) < 4.78 is 63.4. The fraction of sp³-hybridized carbons (Fsp3) is 0.633. The van der Waals surface area contributed by atoms with E-state index in [9.17, 15) is 22.8 Å². The van der Waals surface area contributed by atoms with E-state index in [4.69, 9.17) is 10.5 Å². The Balaban J connectivity index is 1.28. The van der Waals surface area contributed by atoms with E-state index < -0.39 is 81.4 Å². The van der Waals surface area contributed by atoms with Crippen LogP contribution >= 0.6 is 0 Å². The molecule has 2 saturated heterocycles.